The first kappa shape index (κ1) is 15.9. The summed E-state index contributed by atoms with van der Waals surface area (Å²) in [6.07, 6.45) is 1.52. The van der Waals surface area contributed by atoms with Gasteiger partial charge in [-0.2, -0.15) is 0 Å². The summed E-state index contributed by atoms with van der Waals surface area (Å²) in [6.45, 7) is 2.04. The standard InChI is InChI=1S/C13H19NO3S3/c1-2-11(12-4-3-6-18-12)14-13(15)8-19-10-5-7-20(16,17)9-10/h3-4,6,10-11H,2,5,7-9H2,1H3,(H,14,15). The number of amides is 1. The van der Waals surface area contributed by atoms with E-state index in [4.69, 9.17) is 0 Å². The summed E-state index contributed by atoms with van der Waals surface area (Å²) in [7, 11) is -2.86. The van der Waals surface area contributed by atoms with E-state index >= 15 is 0 Å². The van der Waals surface area contributed by atoms with Gasteiger partial charge in [-0.3, -0.25) is 4.79 Å². The van der Waals surface area contributed by atoms with Gasteiger partial charge in [0.25, 0.3) is 0 Å². The van der Waals surface area contributed by atoms with E-state index in [1.165, 1.54) is 11.8 Å². The summed E-state index contributed by atoms with van der Waals surface area (Å²) in [5.41, 5.74) is 0. The van der Waals surface area contributed by atoms with Gasteiger partial charge in [0.05, 0.1) is 23.3 Å². The van der Waals surface area contributed by atoms with Gasteiger partial charge in [0.1, 0.15) is 0 Å². The Morgan fingerprint density at radius 1 is 1.60 bits per heavy atom. The summed E-state index contributed by atoms with van der Waals surface area (Å²) < 4.78 is 22.7. The predicted molar refractivity (Wildman–Crippen MR) is 85.0 cm³/mol. The first-order valence-electron chi connectivity index (χ1n) is 6.65. The number of carbonyl (C=O) groups excluding carboxylic acids is 1. The van der Waals surface area contributed by atoms with Crippen LogP contribution in [-0.4, -0.2) is 36.8 Å². The van der Waals surface area contributed by atoms with Gasteiger partial charge in [-0.15, -0.1) is 23.1 Å². The zero-order chi connectivity index (χ0) is 14.6. The fraction of sp³-hybridized carbons (Fsp3) is 0.615. The average molecular weight is 334 g/mol. The Kier molecular flexibility index (Phi) is 5.51. The minimum Gasteiger partial charge on any atom is -0.348 e. The maximum Gasteiger partial charge on any atom is 0.230 e. The molecule has 1 aromatic heterocycles. The number of hydrogen-bond acceptors (Lipinski definition) is 5. The minimum absolute atomic E-state index is 0.0143. The lowest BCUT2D eigenvalue weighted by atomic mass is 10.2. The van der Waals surface area contributed by atoms with Gasteiger partial charge < -0.3 is 5.32 Å². The third kappa shape index (κ3) is 4.49. The number of thiophene rings is 1. The van der Waals surface area contributed by atoms with E-state index in [-0.39, 0.29) is 28.7 Å². The summed E-state index contributed by atoms with van der Waals surface area (Å²) in [4.78, 5) is 13.1. The fourth-order valence-corrected chi connectivity index (χ4v) is 6.50. The highest BCUT2D eigenvalue weighted by atomic mass is 32.2. The number of hydrogen-bond donors (Lipinski definition) is 1. The zero-order valence-electron chi connectivity index (χ0n) is 11.4. The number of carbonyl (C=O) groups is 1. The van der Waals surface area contributed by atoms with Crippen molar-refractivity contribution >= 4 is 38.8 Å². The molecule has 1 amide bonds. The molecule has 1 aliphatic heterocycles. The molecule has 112 valence electrons. The normalized spacial score (nSPS) is 22.6. The Bertz CT molecular complexity index is 539. The Balaban J connectivity index is 1.78. The summed E-state index contributed by atoms with van der Waals surface area (Å²) in [6, 6.07) is 4.07. The van der Waals surface area contributed by atoms with Crippen molar-refractivity contribution in [1.82, 2.24) is 5.32 Å². The van der Waals surface area contributed by atoms with E-state index in [0.717, 1.165) is 11.3 Å². The van der Waals surface area contributed by atoms with Gasteiger partial charge in [-0.05, 0) is 24.3 Å². The van der Waals surface area contributed by atoms with Gasteiger partial charge in [0.15, 0.2) is 9.84 Å². The van der Waals surface area contributed by atoms with Crippen LogP contribution in [0.4, 0.5) is 0 Å². The van der Waals surface area contributed by atoms with Crippen molar-refractivity contribution in [1.29, 1.82) is 0 Å². The second-order valence-corrected chi connectivity index (χ2v) is 9.38. The minimum atomic E-state index is -2.86. The molecule has 0 saturated carbocycles. The third-order valence-corrected chi connectivity index (χ3v) is 7.54. The SMILES string of the molecule is CCC(NC(=O)CSC1CCS(=O)(=O)C1)c1cccs1. The molecule has 0 spiro atoms. The van der Waals surface area contributed by atoms with Gasteiger partial charge in [0, 0.05) is 10.1 Å². The van der Waals surface area contributed by atoms with Crippen LogP contribution in [0.15, 0.2) is 17.5 Å². The van der Waals surface area contributed by atoms with Gasteiger partial charge in [0.2, 0.25) is 5.91 Å². The summed E-state index contributed by atoms with van der Waals surface area (Å²) in [5.74, 6) is 0.799. The van der Waals surface area contributed by atoms with Gasteiger partial charge >= 0.3 is 0 Å². The van der Waals surface area contributed by atoms with Crippen LogP contribution in [0.25, 0.3) is 0 Å². The van der Waals surface area contributed by atoms with Crippen LogP contribution in [0.3, 0.4) is 0 Å². The topological polar surface area (TPSA) is 63.2 Å². The molecule has 7 heteroatoms. The largest absolute Gasteiger partial charge is 0.348 e. The van der Waals surface area contributed by atoms with Gasteiger partial charge in [-0.1, -0.05) is 13.0 Å². The lowest BCUT2D eigenvalue weighted by Crippen LogP contribution is -2.29. The molecule has 20 heavy (non-hydrogen) atoms. The number of thioether (sulfide) groups is 1. The molecule has 0 radical (unpaired) electrons. The van der Waals surface area contributed by atoms with Crippen molar-refractivity contribution < 1.29 is 13.2 Å². The molecule has 0 aromatic carbocycles. The fourth-order valence-electron chi connectivity index (χ4n) is 2.19. The molecule has 4 nitrogen and oxygen atoms in total. The van der Waals surface area contributed by atoms with E-state index in [2.05, 4.69) is 5.32 Å². The van der Waals surface area contributed by atoms with Crippen molar-refractivity contribution in [3.05, 3.63) is 22.4 Å². The number of sulfone groups is 1. The van der Waals surface area contributed by atoms with Crippen LogP contribution in [0.2, 0.25) is 0 Å². The maximum atomic E-state index is 11.9. The van der Waals surface area contributed by atoms with Crippen molar-refractivity contribution in [3.63, 3.8) is 0 Å². The van der Waals surface area contributed by atoms with Crippen molar-refractivity contribution in [3.8, 4) is 0 Å². The lowest BCUT2D eigenvalue weighted by molar-refractivity contribution is -0.119. The molecule has 0 aliphatic carbocycles. The molecular formula is C13H19NO3S3. The molecule has 2 unspecified atom stereocenters. The molecule has 0 bridgehead atoms. The van der Waals surface area contributed by atoms with Crippen LogP contribution >= 0.6 is 23.1 Å². The van der Waals surface area contributed by atoms with Crippen molar-refractivity contribution in [2.75, 3.05) is 17.3 Å². The molecule has 1 N–H and O–H groups in total. The molecule has 1 saturated heterocycles. The first-order chi connectivity index (χ1) is 9.50. The van der Waals surface area contributed by atoms with Crippen molar-refractivity contribution in [2.24, 2.45) is 0 Å². The quantitative estimate of drug-likeness (QED) is 0.867. The van der Waals surface area contributed by atoms with Crippen LogP contribution < -0.4 is 5.32 Å². The Hall–Kier alpha value is -0.530. The van der Waals surface area contributed by atoms with Gasteiger partial charge in [-0.25, -0.2) is 8.42 Å². The van der Waals surface area contributed by atoms with Crippen molar-refractivity contribution in [2.45, 2.75) is 31.1 Å². The number of nitrogens with one attached hydrogen (secondary N) is 1. The summed E-state index contributed by atoms with van der Waals surface area (Å²) in [5, 5.41) is 5.09. The Labute approximate surface area is 128 Å². The van der Waals surface area contributed by atoms with E-state index in [1.54, 1.807) is 11.3 Å². The molecule has 2 atom stereocenters. The van der Waals surface area contributed by atoms with Crippen LogP contribution in [0, 0.1) is 0 Å². The van der Waals surface area contributed by atoms with E-state index in [0.29, 0.717) is 12.2 Å². The van der Waals surface area contributed by atoms with E-state index in [1.807, 2.05) is 24.4 Å². The third-order valence-electron chi connectivity index (χ3n) is 3.27. The first-order valence-corrected chi connectivity index (χ1v) is 10.4. The van der Waals surface area contributed by atoms with E-state index in [9.17, 15) is 13.2 Å². The lowest BCUT2D eigenvalue weighted by Gasteiger charge is -2.16. The predicted octanol–water partition coefficient (Wildman–Crippen LogP) is 2.24. The molecule has 1 fully saturated rings. The maximum absolute atomic E-state index is 11.9. The molecule has 1 aliphatic rings. The summed E-state index contributed by atoms with van der Waals surface area (Å²) >= 11 is 3.10. The molecular weight excluding hydrogens is 314 g/mol. The highest BCUT2D eigenvalue weighted by Gasteiger charge is 2.28. The smallest absolute Gasteiger partial charge is 0.230 e. The Morgan fingerprint density at radius 3 is 2.95 bits per heavy atom. The number of rotatable bonds is 6. The zero-order valence-corrected chi connectivity index (χ0v) is 13.8. The second kappa shape index (κ2) is 6.95. The van der Waals surface area contributed by atoms with Crippen LogP contribution in [0.5, 0.6) is 0 Å². The monoisotopic (exact) mass is 333 g/mol. The van der Waals surface area contributed by atoms with E-state index < -0.39 is 9.84 Å². The van der Waals surface area contributed by atoms with Crippen LogP contribution in [-0.2, 0) is 14.6 Å². The molecule has 1 aromatic rings. The second-order valence-electron chi connectivity index (χ2n) is 4.88. The molecule has 2 heterocycles. The highest BCUT2D eigenvalue weighted by molar-refractivity contribution is 8.02. The van der Waals surface area contributed by atoms with Crippen LogP contribution in [0.1, 0.15) is 30.7 Å². The average Bonchev–Trinajstić information content (AvgIpc) is 3.03. The molecule has 2 rings (SSSR count). The highest BCUT2D eigenvalue weighted by Crippen LogP contribution is 2.25. The Morgan fingerprint density at radius 2 is 2.40 bits per heavy atom.